The van der Waals surface area contributed by atoms with E-state index in [1.165, 1.54) is 11.3 Å². The molecule has 2 aromatic carbocycles. The smallest absolute Gasteiger partial charge is 0.253 e. The van der Waals surface area contributed by atoms with E-state index in [4.69, 9.17) is 21.1 Å². The molecule has 3 aromatic rings. The average Bonchev–Trinajstić information content (AvgIpc) is 3.04. The van der Waals surface area contributed by atoms with Crippen LogP contribution in [0.25, 0.3) is 10.1 Å². The number of ether oxygens (including phenoxy) is 2. The highest BCUT2D eigenvalue weighted by Gasteiger charge is 2.36. The summed E-state index contributed by atoms with van der Waals surface area (Å²) in [6.07, 6.45) is 0.620. The molecule has 0 radical (unpaired) electrons. The summed E-state index contributed by atoms with van der Waals surface area (Å²) in [5, 5.41) is 1.49. The fraction of sp³-hybridized carbons (Fsp3) is 0.333. The zero-order chi connectivity index (χ0) is 20.9. The molecule has 0 saturated heterocycles. The van der Waals surface area contributed by atoms with Gasteiger partial charge in [-0.2, -0.15) is 4.31 Å². The Bertz CT molecular complexity index is 1200. The standard InChI is InChI=1S/C21H22ClNO4S2/c1-12-16-10-15(22)5-6-20(16)28-21(12)29(24,25)23-8-7-14-9-18(26-3)19(27-4)11-17(14)13(23)2/h5-6,9-11,13H,7-8H2,1-4H3/t13-/m1/s1. The number of hydrogen-bond donors (Lipinski definition) is 0. The fourth-order valence-corrected chi connectivity index (χ4v) is 7.62. The van der Waals surface area contributed by atoms with Gasteiger partial charge in [-0.3, -0.25) is 0 Å². The third-order valence-electron chi connectivity index (χ3n) is 5.53. The zero-order valence-corrected chi connectivity index (χ0v) is 19.0. The lowest BCUT2D eigenvalue weighted by atomic mass is 9.94. The van der Waals surface area contributed by atoms with E-state index >= 15 is 0 Å². The summed E-state index contributed by atoms with van der Waals surface area (Å²) in [7, 11) is -0.476. The normalized spacial score (nSPS) is 17.3. The predicted octanol–water partition coefficient (Wildman–Crippen LogP) is 5.19. The van der Waals surface area contributed by atoms with E-state index in [2.05, 4.69) is 0 Å². The maximum Gasteiger partial charge on any atom is 0.253 e. The van der Waals surface area contributed by atoms with E-state index in [0.717, 1.165) is 26.8 Å². The van der Waals surface area contributed by atoms with Crippen LogP contribution in [-0.2, 0) is 16.4 Å². The number of nitrogens with zero attached hydrogens (tertiary/aromatic N) is 1. The van der Waals surface area contributed by atoms with Gasteiger partial charge < -0.3 is 9.47 Å². The fourth-order valence-electron chi connectivity index (χ4n) is 3.97. The lowest BCUT2D eigenvalue weighted by Crippen LogP contribution is -2.38. The van der Waals surface area contributed by atoms with Crippen molar-refractivity contribution in [1.29, 1.82) is 0 Å². The van der Waals surface area contributed by atoms with Crippen LogP contribution < -0.4 is 9.47 Å². The Kier molecular flexibility index (Phi) is 5.27. The molecular weight excluding hydrogens is 430 g/mol. The molecule has 29 heavy (non-hydrogen) atoms. The highest BCUT2D eigenvalue weighted by molar-refractivity contribution is 7.91. The van der Waals surface area contributed by atoms with E-state index in [1.807, 2.05) is 38.1 Å². The van der Waals surface area contributed by atoms with Crippen molar-refractivity contribution in [2.75, 3.05) is 20.8 Å². The summed E-state index contributed by atoms with van der Waals surface area (Å²) in [6.45, 7) is 4.18. The molecular formula is C21H22ClNO4S2. The first-order valence-corrected chi connectivity index (χ1v) is 11.9. The van der Waals surface area contributed by atoms with Crippen LogP contribution in [0.5, 0.6) is 11.5 Å². The van der Waals surface area contributed by atoms with Crippen LogP contribution in [0.2, 0.25) is 5.02 Å². The van der Waals surface area contributed by atoms with Gasteiger partial charge in [0.1, 0.15) is 4.21 Å². The topological polar surface area (TPSA) is 55.8 Å². The number of sulfonamides is 1. The van der Waals surface area contributed by atoms with Crippen LogP contribution >= 0.6 is 22.9 Å². The van der Waals surface area contributed by atoms with Gasteiger partial charge >= 0.3 is 0 Å². The molecule has 0 unspecified atom stereocenters. The first-order chi connectivity index (χ1) is 13.8. The van der Waals surface area contributed by atoms with Crippen LogP contribution in [0, 0.1) is 6.92 Å². The van der Waals surface area contributed by atoms with Gasteiger partial charge in [0.15, 0.2) is 11.5 Å². The average molecular weight is 452 g/mol. The van der Waals surface area contributed by atoms with Gasteiger partial charge in [0.05, 0.1) is 14.2 Å². The number of benzene rings is 2. The second kappa shape index (κ2) is 7.47. The van der Waals surface area contributed by atoms with Crippen molar-refractivity contribution in [3.63, 3.8) is 0 Å². The van der Waals surface area contributed by atoms with Crippen LogP contribution in [0.3, 0.4) is 0 Å². The summed E-state index contributed by atoms with van der Waals surface area (Å²) in [4.78, 5) is 0. The van der Waals surface area contributed by atoms with E-state index in [9.17, 15) is 8.42 Å². The molecule has 0 N–H and O–H groups in total. The molecule has 1 atom stereocenters. The summed E-state index contributed by atoms with van der Waals surface area (Å²) in [5.74, 6) is 1.26. The molecule has 1 aliphatic heterocycles. The van der Waals surface area contributed by atoms with Crippen molar-refractivity contribution < 1.29 is 17.9 Å². The van der Waals surface area contributed by atoms with Crippen molar-refractivity contribution in [2.45, 2.75) is 30.5 Å². The molecule has 4 rings (SSSR count). The Hall–Kier alpha value is -1.80. The maximum atomic E-state index is 13.6. The number of halogens is 1. The molecule has 2 heterocycles. The van der Waals surface area contributed by atoms with Crippen molar-refractivity contribution in [1.82, 2.24) is 4.31 Å². The molecule has 8 heteroatoms. The first kappa shape index (κ1) is 20.5. The molecule has 0 aliphatic carbocycles. The lowest BCUT2D eigenvalue weighted by molar-refractivity contribution is 0.319. The van der Waals surface area contributed by atoms with Gasteiger partial charge in [-0.05, 0) is 72.7 Å². The highest BCUT2D eigenvalue weighted by Crippen LogP contribution is 2.43. The molecule has 1 aromatic heterocycles. The van der Waals surface area contributed by atoms with Gasteiger partial charge in [0.2, 0.25) is 0 Å². The number of fused-ring (bicyclic) bond motifs is 2. The third kappa shape index (κ3) is 3.30. The number of methoxy groups -OCH3 is 2. The Morgan fingerprint density at radius 3 is 2.52 bits per heavy atom. The minimum absolute atomic E-state index is 0.309. The number of rotatable bonds is 4. The molecule has 0 amide bonds. The van der Waals surface area contributed by atoms with Crippen LogP contribution in [0.15, 0.2) is 34.5 Å². The SMILES string of the molecule is COc1cc2c(cc1OC)[C@@H](C)N(S(=O)(=O)c1sc3ccc(Cl)cc3c1C)CC2. The largest absolute Gasteiger partial charge is 0.493 e. The maximum absolute atomic E-state index is 13.6. The third-order valence-corrected chi connectivity index (χ3v) is 9.60. The first-order valence-electron chi connectivity index (χ1n) is 9.23. The monoisotopic (exact) mass is 451 g/mol. The molecule has 0 bridgehead atoms. The van der Waals surface area contributed by atoms with Gasteiger partial charge in [0, 0.05) is 22.3 Å². The Morgan fingerprint density at radius 1 is 1.14 bits per heavy atom. The minimum Gasteiger partial charge on any atom is -0.493 e. The van der Waals surface area contributed by atoms with E-state index in [1.54, 1.807) is 24.6 Å². The zero-order valence-electron chi connectivity index (χ0n) is 16.7. The number of hydrogen-bond acceptors (Lipinski definition) is 5. The van der Waals surface area contributed by atoms with Gasteiger partial charge in [-0.1, -0.05) is 11.6 Å². The molecule has 0 saturated carbocycles. The summed E-state index contributed by atoms with van der Waals surface area (Å²) >= 11 is 7.42. The number of thiophene rings is 1. The second-order valence-corrected chi connectivity index (χ2v) is 10.7. The van der Waals surface area contributed by atoms with Gasteiger partial charge in [-0.25, -0.2) is 8.42 Å². The summed E-state index contributed by atoms with van der Waals surface area (Å²) < 4.78 is 40.9. The van der Waals surface area contributed by atoms with Crippen molar-refractivity contribution in [2.24, 2.45) is 0 Å². The Morgan fingerprint density at radius 2 is 1.83 bits per heavy atom. The predicted molar refractivity (Wildman–Crippen MR) is 117 cm³/mol. The lowest BCUT2D eigenvalue weighted by Gasteiger charge is -2.34. The summed E-state index contributed by atoms with van der Waals surface area (Å²) in [6, 6.07) is 9.01. The van der Waals surface area contributed by atoms with E-state index in [0.29, 0.717) is 33.7 Å². The summed E-state index contributed by atoms with van der Waals surface area (Å²) in [5.41, 5.74) is 2.78. The van der Waals surface area contributed by atoms with Crippen LogP contribution in [-0.4, -0.2) is 33.5 Å². The molecule has 1 aliphatic rings. The van der Waals surface area contributed by atoms with Crippen LogP contribution in [0.1, 0.15) is 29.7 Å². The minimum atomic E-state index is -3.66. The van der Waals surface area contributed by atoms with Crippen molar-refractivity contribution >= 4 is 43.0 Å². The van der Waals surface area contributed by atoms with Crippen molar-refractivity contribution in [3.05, 3.63) is 52.0 Å². The van der Waals surface area contributed by atoms with Crippen molar-refractivity contribution in [3.8, 4) is 11.5 Å². The highest BCUT2D eigenvalue weighted by atomic mass is 35.5. The Balaban J connectivity index is 1.79. The second-order valence-electron chi connectivity index (χ2n) is 7.10. The van der Waals surface area contributed by atoms with Crippen LogP contribution in [0.4, 0.5) is 0 Å². The molecule has 154 valence electrons. The Labute approximate surface area is 179 Å². The molecule has 5 nitrogen and oxygen atoms in total. The van der Waals surface area contributed by atoms with Gasteiger partial charge in [-0.15, -0.1) is 11.3 Å². The molecule has 0 spiro atoms. The molecule has 0 fully saturated rings. The van der Waals surface area contributed by atoms with Gasteiger partial charge in [0.25, 0.3) is 10.0 Å². The quantitative estimate of drug-likeness (QED) is 0.547. The number of aryl methyl sites for hydroxylation is 1. The van der Waals surface area contributed by atoms with E-state index < -0.39 is 10.0 Å². The van der Waals surface area contributed by atoms with E-state index in [-0.39, 0.29) is 6.04 Å².